The molecule has 9 nitrogen and oxygen atoms in total. The molecule has 0 amide bonds. The summed E-state index contributed by atoms with van der Waals surface area (Å²) < 4.78 is 6.95. The molecule has 0 bridgehead atoms. The van der Waals surface area contributed by atoms with E-state index < -0.39 is 31.1 Å². The van der Waals surface area contributed by atoms with Gasteiger partial charge in [0, 0.05) is 0 Å². The number of hydrogen-bond donors (Lipinski definition) is 4. The minimum atomic E-state index is -1.20. The van der Waals surface area contributed by atoms with E-state index in [2.05, 4.69) is 15.0 Å². The van der Waals surface area contributed by atoms with Gasteiger partial charge in [0.15, 0.2) is 22.8 Å². The van der Waals surface area contributed by atoms with Gasteiger partial charge in [0.25, 0.3) is 0 Å². The molecule has 114 valence electrons. The highest BCUT2D eigenvalue weighted by molar-refractivity contribution is 7.98. The normalized spacial score (nSPS) is 29.3. The van der Waals surface area contributed by atoms with Crippen molar-refractivity contribution in [3.05, 3.63) is 6.33 Å². The molecule has 5 N–H and O–H groups in total. The van der Waals surface area contributed by atoms with Crippen LogP contribution in [0.4, 0.5) is 5.82 Å². The number of nitrogens with zero attached hydrogens (tertiary/aromatic N) is 4. The second-order valence-corrected chi connectivity index (χ2v) is 5.42. The van der Waals surface area contributed by atoms with Gasteiger partial charge >= 0.3 is 0 Å². The van der Waals surface area contributed by atoms with Crippen LogP contribution in [0.25, 0.3) is 11.2 Å². The lowest BCUT2D eigenvalue weighted by molar-refractivity contribution is -0.0511. The first-order chi connectivity index (χ1) is 10.1. The first-order valence-electron chi connectivity index (χ1n) is 6.23. The Balaban J connectivity index is 2.07. The Hall–Kier alpha value is -1.46. The van der Waals surface area contributed by atoms with E-state index in [9.17, 15) is 10.2 Å². The molecule has 4 atom stereocenters. The molecule has 0 saturated carbocycles. The SMILES string of the molecule is CSc1nc(N)c2ncn([C@H]3O[C@@H](CO)[C@H](O)[C@@H]3O)c2n1. The summed E-state index contributed by atoms with van der Waals surface area (Å²) >= 11 is 1.32. The zero-order valence-electron chi connectivity index (χ0n) is 11.1. The first kappa shape index (κ1) is 14.5. The van der Waals surface area contributed by atoms with Crippen LogP contribution < -0.4 is 5.73 Å². The van der Waals surface area contributed by atoms with Crippen LogP contribution in [0.3, 0.4) is 0 Å². The number of thioether (sulfide) groups is 1. The molecule has 2 aromatic rings. The maximum Gasteiger partial charge on any atom is 0.191 e. The number of ether oxygens (including phenoxy) is 1. The standard InChI is InChI=1S/C11H15N5O4S/c1-21-11-14-8(12)5-9(15-11)16(3-13-5)10-7(19)6(18)4(2-17)20-10/h3-4,6-7,10,17-19H,2H2,1H3,(H2,12,14,15)/t4-,6-,7-,10-/m0/s1. The molecule has 1 fully saturated rings. The summed E-state index contributed by atoms with van der Waals surface area (Å²) in [5.74, 6) is 0.231. The Morgan fingerprint density at radius 1 is 1.38 bits per heavy atom. The number of imidazole rings is 1. The minimum absolute atomic E-state index is 0.231. The van der Waals surface area contributed by atoms with Gasteiger partial charge in [0.1, 0.15) is 23.8 Å². The van der Waals surface area contributed by atoms with Crippen molar-refractivity contribution in [2.24, 2.45) is 0 Å². The van der Waals surface area contributed by atoms with Crippen molar-refractivity contribution < 1.29 is 20.1 Å². The number of aromatic nitrogens is 4. The molecular weight excluding hydrogens is 298 g/mol. The van der Waals surface area contributed by atoms with E-state index in [4.69, 9.17) is 15.6 Å². The van der Waals surface area contributed by atoms with Gasteiger partial charge in [-0.1, -0.05) is 11.8 Å². The summed E-state index contributed by atoms with van der Waals surface area (Å²) in [5, 5.41) is 29.5. The van der Waals surface area contributed by atoms with Crippen LogP contribution in [0.15, 0.2) is 11.5 Å². The van der Waals surface area contributed by atoms with Crippen LogP contribution in [0.5, 0.6) is 0 Å². The summed E-state index contributed by atoms with van der Waals surface area (Å²) in [7, 11) is 0. The molecule has 3 rings (SSSR count). The van der Waals surface area contributed by atoms with Crippen molar-refractivity contribution in [1.29, 1.82) is 0 Å². The summed E-state index contributed by atoms with van der Waals surface area (Å²) in [5.41, 5.74) is 6.63. The smallest absolute Gasteiger partial charge is 0.191 e. The maximum absolute atomic E-state index is 10.1. The topological polar surface area (TPSA) is 140 Å². The van der Waals surface area contributed by atoms with E-state index in [1.54, 1.807) is 0 Å². The Bertz CT molecular complexity index is 665. The predicted octanol–water partition coefficient (Wildman–Crippen LogP) is -1.26. The lowest BCUT2D eigenvalue weighted by Crippen LogP contribution is -2.33. The monoisotopic (exact) mass is 313 g/mol. The molecule has 1 aliphatic heterocycles. The fourth-order valence-electron chi connectivity index (χ4n) is 2.30. The molecule has 21 heavy (non-hydrogen) atoms. The van der Waals surface area contributed by atoms with Gasteiger partial charge in [0.05, 0.1) is 12.9 Å². The van der Waals surface area contributed by atoms with Crippen LogP contribution in [0, 0.1) is 0 Å². The Morgan fingerprint density at radius 3 is 2.76 bits per heavy atom. The van der Waals surface area contributed by atoms with Crippen molar-refractivity contribution in [1.82, 2.24) is 19.5 Å². The molecule has 10 heteroatoms. The molecule has 1 saturated heterocycles. The van der Waals surface area contributed by atoms with E-state index in [0.29, 0.717) is 16.3 Å². The number of rotatable bonds is 3. The molecule has 2 aromatic heterocycles. The van der Waals surface area contributed by atoms with E-state index in [0.717, 1.165) is 0 Å². The second-order valence-electron chi connectivity index (χ2n) is 4.65. The van der Waals surface area contributed by atoms with Gasteiger partial charge in [0.2, 0.25) is 0 Å². The lowest BCUT2D eigenvalue weighted by atomic mass is 10.1. The number of aliphatic hydroxyl groups is 3. The average Bonchev–Trinajstić information content (AvgIpc) is 3.02. The summed E-state index contributed by atoms with van der Waals surface area (Å²) in [6.07, 6.45) is -0.911. The molecule has 0 unspecified atom stereocenters. The quantitative estimate of drug-likeness (QED) is 0.404. The highest BCUT2D eigenvalue weighted by Crippen LogP contribution is 2.32. The van der Waals surface area contributed by atoms with Gasteiger partial charge in [-0.05, 0) is 6.26 Å². The fraction of sp³-hybridized carbons (Fsp3) is 0.545. The van der Waals surface area contributed by atoms with Crippen molar-refractivity contribution in [2.75, 3.05) is 18.6 Å². The van der Waals surface area contributed by atoms with Crippen LogP contribution >= 0.6 is 11.8 Å². The maximum atomic E-state index is 10.1. The van der Waals surface area contributed by atoms with Crippen molar-refractivity contribution in [3.8, 4) is 0 Å². The summed E-state index contributed by atoms with van der Waals surface area (Å²) in [4.78, 5) is 12.5. The van der Waals surface area contributed by atoms with Gasteiger partial charge in [-0.3, -0.25) is 4.57 Å². The average molecular weight is 313 g/mol. The van der Waals surface area contributed by atoms with Gasteiger partial charge < -0.3 is 25.8 Å². The molecule has 3 heterocycles. The number of nitrogen functional groups attached to an aromatic ring is 1. The second kappa shape index (κ2) is 5.39. The summed E-state index contributed by atoms with van der Waals surface area (Å²) in [6.45, 7) is -0.394. The number of fused-ring (bicyclic) bond motifs is 1. The molecule has 0 spiro atoms. The van der Waals surface area contributed by atoms with Crippen molar-refractivity contribution >= 4 is 28.7 Å². The molecule has 0 radical (unpaired) electrons. The van der Waals surface area contributed by atoms with Crippen LogP contribution in [0.1, 0.15) is 6.23 Å². The zero-order valence-corrected chi connectivity index (χ0v) is 11.9. The largest absolute Gasteiger partial charge is 0.394 e. The number of anilines is 1. The van der Waals surface area contributed by atoms with E-state index in [1.165, 1.54) is 22.7 Å². The van der Waals surface area contributed by atoms with E-state index >= 15 is 0 Å². The number of nitrogens with two attached hydrogens (primary N) is 1. The molecular formula is C11H15N5O4S. The first-order valence-corrected chi connectivity index (χ1v) is 7.45. The van der Waals surface area contributed by atoms with E-state index in [1.807, 2.05) is 6.26 Å². The molecule has 0 aromatic carbocycles. The van der Waals surface area contributed by atoms with Crippen molar-refractivity contribution in [3.63, 3.8) is 0 Å². The predicted molar refractivity (Wildman–Crippen MR) is 74.5 cm³/mol. The lowest BCUT2D eigenvalue weighted by Gasteiger charge is -2.16. The third-order valence-corrected chi connectivity index (χ3v) is 3.95. The third kappa shape index (κ3) is 2.24. The highest BCUT2D eigenvalue weighted by atomic mass is 32.2. The highest BCUT2D eigenvalue weighted by Gasteiger charge is 2.44. The number of hydrogen-bond acceptors (Lipinski definition) is 9. The fourth-order valence-corrected chi connectivity index (χ4v) is 2.67. The van der Waals surface area contributed by atoms with Crippen molar-refractivity contribution in [2.45, 2.75) is 29.7 Å². The van der Waals surface area contributed by atoms with Gasteiger partial charge in [-0.15, -0.1) is 0 Å². The minimum Gasteiger partial charge on any atom is -0.394 e. The van der Waals surface area contributed by atoms with Gasteiger partial charge in [-0.25, -0.2) is 15.0 Å². The Kier molecular flexibility index (Phi) is 3.71. The van der Waals surface area contributed by atoms with Crippen LogP contribution in [-0.4, -0.2) is 66.0 Å². The third-order valence-electron chi connectivity index (χ3n) is 3.40. The van der Waals surface area contributed by atoms with Gasteiger partial charge in [-0.2, -0.15) is 0 Å². The zero-order chi connectivity index (χ0) is 15.1. The Morgan fingerprint density at radius 2 is 2.14 bits per heavy atom. The Labute approximate surface area is 123 Å². The van der Waals surface area contributed by atoms with E-state index in [-0.39, 0.29) is 5.82 Å². The number of aliphatic hydroxyl groups excluding tert-OH is 3. The van der Waals surface area contributed by atoms with Crippen LogP contribution in [0.2, 0.25) is 0 Å². The molecule has 0 aliphatic carbocycles. The van der Waals surface area contributed by atoms with Crippen LogP contribution in [-0.2, 0) is 4.74 Å². The summed E-state index contributed by atoms with van der Waals surface area (Å²) in [6, 6.07) is 0. The molecule has 1 aliphatic rings.